The summed E-state index contributed by atoms with van der Waals surface area (Å²) in [6, 6.07) is 2.10. The predicted molar refractivity (Wildman–Crippen MR) is 84.7 cm³/mol. The van der Waals surface area contributed by atoms with Crippen molar-refractivity contribution in [3.8, 4) is 11.8 Å². The van der Waals surface area contributed by atoms with Crippen LogP contribution in [0.25, 0.3) is 0 Å². The van der Waals surface area contributed by atoms with Crippen molar-refractivity contribution in [1.29, 1.82) is 5.26 Å². The van der Waals surface area contributed by atoms with E-state index in [1.165, 1.54) is 11.3 Å². The zero-order chi connectivity index (χ0) is 15.4. The Balaban J connectivity index is 2.06. The molecule has 0 amide bonds. The standard InChI is InChI=1S/C14H19N5OS/c1-9(2)20-13-12(16)11(6-15)21-14(13)17-4-5-19-8-10(3)7-18-19/h7-9,17H,4-5,16H2,1-3H3. The first kappa shape index (κ1) is 15.2. The summed E-state index contributed by atoms with van der Waals surface area (Å²) in [5.41, 5.74) is 7.50. The molecule has 0 fully saturated rings. The molecule has 0 bridgehead atoms. The third-order valence-corrected chi connectivity index (χ3v) is 3.79. The van der Waals surface area contributed by atoms with Gasteiger partial charge in [-0.25, -0.2) is 0 Å². The van der Waals surface area contributed by atoms with Crippen LogP contribution in [0.15, 0.2) is 12.4 Å². The normalized spacial score (nSPS) is 10.6. The molecule has 3 N–H and O–H groups in total. The van der Waals surface area contributed by atoms with Crippen LogP contribution < -0.4 is 15.8 Å². The number of ether oxygens (including phenoxy) is 1. The lowest BCUT2D eigenvalue weighted by Crippen LogP contribution is -2.12. The highest BCUT2D eigenvalue weighted by Gasteiger charge is 2.18. The summed E-state index contributed by atoms with van der Waals surface area (Å²) in [5.74, 6) is 0.572. The van der Waals surface area contributed by atoms with Gasteiger partial charge in [0.15, 0.2) is 5.75 Å². The Kier molecular flexibility index (Phi) is 4.70. The molecule has 0 aliphatic heterocycles. The minimum absolute atomic E-state index is 0.00255. The minimum Gasteiger partial charge on any atom is -0.486 e. The first-order valence-corrected chi connectivity index (χ1v) is 7.55. The molecule has 0 aliphatic rings. The number of nitrogens with zero attached hydrogens (tertiary/aromatic N) is 3. The Morgan fingerprint density at radius 1 is 1.57 bits per heavy atom. The van der Waals surface area contributed by atoms with Crippen LogP contribution >= 0.6 is 11.3 Å². The Hall–Kier alpha value is -2.20. The second-order valence-corrected chi connectivity index (χ2v) is 6.01. The van der Waals surface area contributed by atoms with Gasteiger partial charge in [-0.05, 0) is 26.3 Å². The maximum atomic E-state index is 9.08. The average molecular weight is 305 g/mol. The number of aromatic nitrogens is 2. The number of rotatable bonds is 6. The van der Waals surface area contributed by atoms with Crippen molar-refractivity contribution in [2.24, 2.45) is 0 Å². The van der Waals surface area contributed by atoms with Gasteiger partial charge in [0, 0.05) is 12.7 Å². The SMILES string of the molecule is Cc1cnn(CCNc2sc(C#N)c(N)c2OC(C)C)c1. The topological polar surface area (TPSA) is 88.9 Å². The number of nitrogens with two attached hydrogens (primary N) is 1. The fourth-order valence-corrected chi connectivity index (χ4v) is 2.73. The molecular formula is C14H19N5OS. The molecule has 0 radical (unpaired) electrons. The highest BCUT2D eigenvalue weighted by atomic mass is 32.1. The van der Waals surface area contributed by atoms with Crippen molar-refractivity contribution >= 4 is 22.0 Å². The molecule has 2 aromatic rings. The molecule has 2 heterocycles. The molecule has 0 aromatic carbocycles. The van der Waals surface area contributed by atoms with Gasteiger partial charge < -0.3 is 15.8 Å². The quantitative estimate of drug-likeness (QED) is 0.856. The molecule has 0 spiro atoms. The number of aryl methyl sites for hydroxylation is 1. The second-order valence-electron chi connectivity index (χ2n) is 4.99. The van der Waals surface area contributed by atoms with Crippen molar-refractivity contribution in [3.05, 3.63) is 22.8 Å². The number of thiophene rings is 1. The lowest BCUT2D eigenvalue weighted by molar-refractivity contribution is 0.246. The summed E-state index contributed by atoms with van der Waals surface area (Å²) in [6.45, 7) is 7.28. The van der Waals surface area contributed by atoms with Crippen molar-refractivity contribution in [2.75, 3.05) is 17.6 Å². The van der Waals surface area contributed by atoms with Gasteiger partial charge in [0.2, 0.25) is 0 Å². The number of nitriles is 1. The summed E-state index contributed by atoms with van der Waals surface area (Å²) in [7, 11) is 0. The zero-order valence-corrected chi connectivity index (χ0v) is 13.2. The number of hydrogen-bond acceptors (Lipinski definition) is 6. The van der Waals surface area contributed by atoms with E-state index < -0.39 is 0 Å². The van der Waals surface area contributed by atoms with E-state index in [-0.39, 0.29) is 6.10 Å². The molecule has 0 aliphatic carbocycles. The van der Waals surface area contributed by atoms with Crippen LogP contribution in [-0.4, -0.2) is 22.4 Å². The van der Waals surface area contributed by atoms with E-state index >= 15 is 0 Å². The summed E-state index contributed by atoms with van der Waals surface area (Å²) in [4.78, 5) is 0.475. The van der Waals surface area contributed by atoms with Crippen molar-refractivity contribution < 1.29 is 4.74 Å². The van der Waals surface area contributed by atoms with Gasteiger partial charge >= 0.3 is 0 Å². The smallest absolute Gasteiger partial charge is 0.178 e. The molecule has 21 heavy (non-hydrogen) atoms. The maximum absolute atomic E-state index is 9.08. The van der Waals surface area contributed by atoms with Crippen LogP contribution in [0, 0.1) is 18.3 Å². The van der Waals surface area contributed by atoms with Crippen molar-refractivity contribution in [3.63, 3.8) is 0 Å². The largest absolute Gasteiger partial charge is 0.486 e. The molecule has 112 valence electrons. The van der Waals surface area contributed by atoms with Gasteiger partial charge in [0.1, 0.15) is 21.6 Å². The third-order valence-electron chi connectivity index (χ3n) is 2.74. The number of nitrogens with one attached hydrogen (secondary N) is 1. The van der Waals surface area contributed by atoms with Gasteiger partial charge in [-0.2, -0.15) is 10.4 Å². The highest BCUT2D eigenvalue weighted by molar-refractivity contribution is 7.17. The van der Waals surface area contributed by atoms with Crippen LogP contribution in [0.1, 0.15) is 24.3 Å². The monoisotopic (exact) mass is 305 g/mol. The van der Waals surface area contributed by atoms with Gasteiger partial charge in [0.05, 0.1) is 18.8 Å². The molecule has 7 heteroatoms. The van der Waals surface area contributed by atoms with Gasteiger partial charge in [-0.3, -0.25) is 4.68 Å². The number of nitrogen functional groups attached to an aromatic ring is 1. The van der Waals surface area contributed by atoms with E-state index in [1.54, 1.807) is 0 Å². The Labute approximate surface area is 128 Å². The lowest BCUT2D eigenvalue weighted by atomic mass is 10.3. The Morgan fingerprint density at radius 2 is 2.33 bits per heavy atom. The highest BCUT2D eigenvalue weighted by Crippen LogP contribution is 2.42. The average Bonchev–Trinajstić information content (AvgIpc) is 2.96. The summed E-state index contributed by atoms with van der Waals surface area (Å²) in [5, 5.41) is 17.4. The van der Waals surface area contributed by atoms with Gasteiger partial charge in [0.25, 0.3) is 0 Å². The molecule has 0 atom stereocenters. The van der Waals surface area contributed by atoms with E-state index in [4.69, 9.17) is 15.7 Å². The number of hydrogen-bond donors (Lipinski definition) is 2. The molecule has 0 saturated heterocycles. The fraction of sp³-hybridized carbons (Fsp3) is 0.429. The summed E-state index contributed by atoms with van der Waals surface area (Å²) < 4.78 is 7.58. The van der Waals surface area contributed by atoms with E-state index in [1.807, 2.05) is 37.8 Å². The molecule has 0 saturated carbocycles. The van der Waals surface area contributed by atoms with Crippen LogP contribution in [0.2, 0.25) is 0 Å². The van der Waals surface area contributed by atoms with E-state index in [0.717, 1.165) is 17.1 Å². The van der Waals surface area contributed by atoms with E-state index in [0.29, 0.717) is 22.9 Å². The maximum Gasteiger partial charge on any atom is 0.178 e. The van der Waals surface area contributed by atoms with Crippen LogP contribution in [-0.2, 0) is 6.54 Å². The summed E-state index contributed by atoms with van der Waals surface area (Å²) >= 11 is 1.32. The van der Waals surface area contributed by atoms with Crippen molar-refractivity contribution in [2.45, 2.75) is 33.4 Å². The van der Waals surface area contributed by atoms with Crippen LogP contribution in [0.5, 0.6) is 5.75 Å². The van der Waals surface area contributed by atoms with Crippen molar-refractivity contribution in [1.82, 2.24) is 9.78 Å². The fourth-order valence-electron chi connectivity index (χ4n) is 1.85. The molecular weight excluding hydrogens is 286 g/mol. The number of anilines is 2. The summed E-state index contributed by atoms with van der Waals surface area (Å²) in [6.07, 6.45) is 3.81. The van der Waals surface area contributed by atoms with Crippen LogP contribution in [0.4, 0.5) is 10.7 Å². The molecule has 6 nitrogen and oxygen atoms in total. The van der Waals surface area contributed by atoms with Crippen LogP contribution in [0.3, 0.4) is 0 Å². The van der Waals surface area contributed by atoms with E-state index in [2.05, 4.69) is 16.5 Å². The Morgan fingerprint density at radius 3 is 2.90 bits per heavy atom. The molecule has 2 aromatic heterocycles. The zero-order valence-electron chi connectivity index (χ0n) is 12.4. The first-order chi connectivity index (χ1) is 10.0. The van der Waals surface area contributed by atoms with Gasteiger partial charge in [-0.1, -0.05) is 0 Å². The predicted octanol–water partition coefficient (Wildman–Crippen LogP) is 2.61. The third kappa shape index (κ3) is 3.67. The Bertz CT molecular complexity index is 653. The lowest BCUT2D eigenvalue weighted by Gasteiger charge is -2.12. The van der Waals surface area contributed by atoms with Gasteiger partial charge in [-0.15, -0.1) is 11.3 Å². The molecule has 0 unspecified atom stereocenters. The molecule has 2 rings (SSSR count). The minimum atomic E-state index is 0.00255. The first-order valence-electron chi connectivity index (χ1n) is 6.73. The van der Waals surface area contributed by atoms with E-state index in [9.17, 15) is 0 Å². The second kappa shape index (κ2) is 6.50.